The summed E-state index contributed by atoms with van der Waals surface area (Å²) in [6, 6.07) is 15.4. The zero-order valence-electron chi connectivity index (χ0n) is 36.9. The zero-order valence-corrected chi connectivity index (χ0v) is 38.4. The van der Waals surface area contributed by atoms with Crippen LogP contribution in [-0.4, -0.2) is 45.5 Å². The number of halogens is 8. The Bertz CT molecular complexity index is 2660. The second kappa shape index (κ2) is 16.2. The molecule has 2 heterocycles. The van der Waals surface area contributed by atoms with E-state index < -0.39 is 85.9 Å². The van der Waals surface area contributed by atoms with Crippen molar-refractivity contribution in [1.82, 2.24) is 0 Å². The molecule has 2 saturated heterocycles. The van der Waals surface area contributed by atoms with E-state index in [2.05, 4.69) is 0 Å². The molecule has 16 heteroatoms. The van der Waals surface area contributed by atoms with Crippen LogP contribution in [0.5, 0.6) is 23.0 Å². The number of alkyl halides is 6. The summed E-state index contributed by atoms with van der Waals surface area (Å²) >= 11 is 12.2. The Balaban J connectivity index is 1.12. The standard InChI is InChI=1S/C50H46Cl2F6O8/c1-45(2)41(59)39(42(60)46(3,4)65-45)34-20-27(63-29-13-16-35(36(51)22-29)50(56,57)58)12-15-31(34)32-18-25(32)23-48(7)44(62)40(43(61)47(5,6)66-48)33-21-28(11-14-30(33)24-8-9-24)64-38-17-10-26(19-37(38)52)49(53,54)55/h10-17,19-22,24-25,32,39-40H,8-9,18,23H2,1-7H3. The normalized spacial score (nSPS) is 25.2. The van der Waals surface area contributed by atoms with E-state index in [1.807, 2.05) is 0 Å². The van der Waals surface area contributed by atoms with Gasteiger partial charge in [-0.05, 0) is 169 Å². The van der Waals surface area contributed by atoms with Crippen LogP contribution in [0.15, 0.2) is 72.8 Å². The summed E-state index contributed by atoms with van der Waals surface area (Å²) in [6.45, 7) is 11.2. The van der Waals surface area contributed by atoms with Gasteiger partial charge in [0.15, 0.2) is 23.1 Å². The van der Waals surface area contributed by atoms with E-state index in [0.717, 1.165) is 54.8 Å². The number of benzene rings is 4. The highest BCUT2D eigenvalue weighted by atomic mass is 35.5. The molecular formula is C50H46Cl2F6O8. The third-order valence-corrected chi connectivity index (χ3v) is 13.6. The highest BCUT2D eigenvalue weighted by molar-refractivity contribution is 6.32. The summed E-state index contributed by atoms with van der Waals surface area (Å²) in [6.07, 6.45) is -7.01. The third-order valence-electron chi connectivity index (χ3n) is 13.0. The molecular weight excluding hydrogens is 913 g/mol. The fourth-order valence-corrected chi connectivity index (χ4v) is 10.2. The van der Waals surface area contributed by atoms with Gasteiger partial charge >= 0.3 is 12.4 Å². The van der Waals surface area contributed by atoms with E-state index in [1.54, 1.807) is 78.8 Å². The molecule has 4 atom stereocenters. The van der Waals surface area contributed by atoms with Crippen LogP contribution < -0.4 is 9.47 Å². The van der Waals surface area contributed by atoms with Gasteiger partial charge in [-0.2, -0.15) is 26.3 Å². The molecule has 0 bridgehead atoms. The first kappa shape index (κ1) is 47.7. The van der Waals surface area contributed by atoms with E-state index >= 15 is 0 Å². The van der Waals surface area contributed by atoms with E-state index in [9.17, 15) is 45.5 Å². The van der Waals surface area contributed by atoms with Gasteiger partial charge in [0.05, 0.1) is 21.2 Å². The lowest BCUT2D eigenvalue weighted by atomic mass is 9.71. The summed E-state index contributed by atoms with van der Waals surface area (Å²) in [4.78, 5) is 57.6. The first-order valence-electron chi connectivity index (χ1n) is 21.5. The van der Waals surface area contributed by atoms with Crippen molar-refractivity contribution in [2.75, 3.05) is 0 Å². The molecule has 0 amide bonds. The number of hydrogen-bond acceptors (Lipinski definition) is 8. The number of carbonyl (C=O) groups excluding carboxylic acids is 4. The smallest absolute Gasteiger partial charge is 0.417 e. The average Bonchev–Trinajstić information content (AvgIpc) is 4.14. The lowest BCUT2D eigenvalue weighted by molar-refractivity contribution is -0.190. The summed E-state index contributed by atoms with van der Waals surface area (Å²) in [5, 5.41) is -0.861. The van der Waals surface area contributed by atoms with Gasteiger partial charge in [-0.25, -0.2) is 0 Å². The lowest BCUT2D eigenvalue weighted by Crippen LogP contribution is -2.59. The van der Waals surface area contributed by atoms with Gasteiger partial charge in [0, 0.05) is 6.07 Å². The molecule has 66 heavy (non-hydrogen) atoms. The van der Waals surface area contributed by atoms with Crippen molar-refractivity contribution in [3.8, 4) is 23.0 Å². The molecule has 2 saturated carbocycles. The number of carbonyl (C=O) groups is 4. The van der Waals surface area contributed by atoms with Gasteiger partial charge in [-0.3, -0.25) is 19.2 Å². The van der Waals surface area contributed by atoms with E-state index in [4.69, 9.17) is 42.1 Å². The van der Waals surface area contributed by atoms with Crippen LogP contribution in [-0.2, 0) is 41.0 Å². The average molecular weight is 960 g/mol. The second-order valence-corrected chi connectivity index (χ2v) is 20.3. The Hall–Kier alpha value is -4.76. The van der Waals surface area contributed by atoms with Crippen molar-refractivity contribution >= 4 is 46.3 Å². The Kier molecular flexibility index (Phi) is 11.7. The summed E-state index contributed by atoms with van der Waals surface area (Å²) in [7, 11) is 0. The number of rotatable bonds is 10. The Morgan fingerprint density at radius 1 is 0.576 bits per heavy atom. The van der Waals surface area contributed by atoms with Gasteiger partial charge in [0.1, 0.15) is 57.2 Å². The maximum atomic E-state index is 15.0. The van der Waals surface area contributed by atoms with Crippen LogP contribution in [0.1, 0.15) is 131 Å². The predicted molar refractivity (Wildman–Crippen MR) is 232 cm³/mol. The van der Waals surface area contributed by atoms with Crippen LogP contribution >= 0.6 is 23.2 Å². The van der Waals surface area contributed by atoms with E-state index in [0.29, 0.717) is 23.1 Å². The van der Waals surface area contributed by atoms with E-state index in [1.165, 1.54) is 6.07 Å². The Labute approximate surface area is 387 Å². The number of ketones is 4. The van der Waals surface area contributed by atoms with Gasteiger partial charge < -0.3 is 18.9 Å². The number of Topliss-reactive ketones (excluding diaryl/α,β-unsaturated/α-hetero) is 4. The van der Waals surface area contributed by atoms with Crippen LogP contribution in [0.2, 0.25) is 10.0 Å². The molecule has 4 aromatic rings. The molecule has 0 N–H and O–H groups in total. The maximum absolute atomic E-state index is 15.0. The highest BCUT2D eigenvalue weighted by Crippen LogP contribution is 2.57. The molecule has 4 aliphatic rings. The van der Waals surface area contributed by atoms with Crippen molar-refractivity contribution in [1.29, 1.82) is 0 Å². The zero-order chi connectivity index (χ0) is 48.3. The highest BCUT2D eigenvalue weighted by Gasteiger charge is 2.59. The van der Waals surface area contributed by atoms with Crippen molar-refractivity contribution in [2.24, 2.45) is 5.92 Å². The summed E-state index contributed by atoms with van der Waals surface area (Å²) in [5.41, 5.74) is -5.59. The molecule has 8 rings (SSSR count). The van der Waals surface area contributed by atoms with Gasteiger partial charge in [0.25, 0.3) is 0 Å². The van der Waals surface area contributed by atoms with Crippen LogP contribution in [0, 0.1) is 5.92 Å². The number of hydrogen-bond donors (Lipinski definition) is 0. The lowest BCUT2D eigenvalue weighted by Gasteiger charge is -2.45. The molecule has 4 unspecified atom stereocenters. The molecule has 8 nitrogen and oxygen atoms in total. The fraction of sp³-hybridized carbons (Fsp3) is 0.440. The van der Waals surface area contributed by atoms with Crippen LogP contribution in [0.4, 0.5) is 26.3 Å². The quantitative estimate of drug-likeness (QED) is 0.114. The minimum atomic E-state index is -4.69. The van der Waals surface area contributed by atoms with Crippen molar-refractivity contribution < 1.29 is 64.5 Å². The predicted octanol–water partition coefficient (Wildman–Crippen LogP) is 13.3. The Morgan fingerprint density at radius 3 is 1.64 bits per heavy atom. The van der Waals surface area contributed by atoms with Crippen molar-refractivity contribution in [2.45, 2.75) is 133 Å². The minimum absolute atomic E-state index is 0.0146. The third kappa shape index (κ3) is 9.02. The maximum Gasteiger partial charge on any atom is 0.417 e. The first-order valence-corrected chi connectivity index (χ1v) is 22.2. The minimum Gasteiger partial charge on any atom is -0.457 e. The molecule has 2 aliphatic heterocycles. The van der Waals surface area contributed by atoms with Crippen molar-refractivity contribution in [3.05, 3.63) is 116 Å². The largest absolute Gasteiger partial charge is 0.457 e. The first-order chi connectivity index (χ1) is 30.5. The topological polar surface area (TPSA) is 105 Å². The molecule has 0 aromatic heterocycles. The van der Waals surface area contributed by atoms with E-state index in [-0.39, 0.29) is 52.2 Å². The fourth-order valence-electron chi connectivity index (χ4n) is 9.70. The number of ether oxygens (including phenoxy) is 4. The Morgan fingerprint density at radius 2 is 1.09 bits per heavy atom. The van der Waals surface area contributed by atoms with Crippen molar-refractivity contribution in [3.63, 3.8) is 0 Å². The molecule has 2 aliphatic carbocycles. The molecule has 350 valence electrons. The van der Waals surface area contributed by atoms with Gasteiger partial charge in [-0.1, -0.05) is 35.3 Å². The molecule has 4 aromatic carbocycles. The summed E-state index contributed by atoms with van der Waals surface area (Å²) in [5.74, 6) is -4.81. The van der Waals surface area contributed by atoms with Crippen LogP contribution in [0.3, 0.4) is 0 Å². The van der Waals surface area contributed by atoms with Crippen LogP contribution in [0.25, 0.3) is 0 Å². The molecule has 0 radical (unpaired) electrons. The van der Waals surface area contributed by atoms with Gasteiger partial charge in [0.2, 0.25) is 0 Å². The molecule has 4 fully saturated rings. The van der Waals surface area contributed by atoms with Gasteiger partial charge in [-0.15, -0.1) is 0 Å². The summed E-state index contributed by atoms with van der Waals surface area (Å²) < 4.78 is 105. The SMILES string of the molecule is CC1(C)OC(C)(CC2CC2c2ccc(Oc3ccc(C(F)(F)F)c(Cl)c3)cc2C2C(=O)C(C)(C)OC(C)(C)C2=O)C(=O)C(c2cc(Oc3ccc(C(F)(F)F)cc3Cl)ccc2C2CC2)C1=O. The molecule has 0 spiro atoms. The second-order valence-electron chi connectivity index (χ2n) is 19.4. The monoisotopic (exact) mass is 958 g/mol.